The van der Waals surface area contributed by atoms with Crippen molar-refractivity contribution in [2.75, 3.05) is 32.8 Å². The minimum absolute atomic E-state index is 0.0410. The Morgan fingerprint density at radius 2 is 1.97 bits per heavy atom. The SMILES string of the molecule is O=C1CCCN1CC1CCN(C(=O)c2ccc(-c3cccc4c3OCC4)nc2)CC1. The van der Waals surface area contributed by atoms with E-state index < -0.39 is 0 Å². The van der Waals surface area contributed by atoms with E-state index in [9.17, 15) is 9.59 Å². The number of ether oxygens (including phenoxy) is 1. The standard InChI is InChI=1S/C24H27N3O3/c28-22-5-2-11-27(22)16-17-8-12-26(13-9-17)24(29)19-6-7-21(25-15-19)20-4-1-3-18-10-14-30-23(18)20/h1,3-4,6-7,15,17H,2,5,8-14,16H2. The van der Waals surface area contributed by atoms with Crippen LogP contribution in [0.15, 0.2) is 36.5 Å². The summed E-state index contributed by atoms with van der Waals surface area (Å²) in [5.74, 6) is 1.74. The van der Waals surface area contributed by atoms with Gasteiger partial charge in [0.05, 0.1) is 17.9 Å². The number of carbonyl (C=O) groups is 2. The number of aromatic nitrogens is 1. The molecule has 3 aliphatic heterocycles. The maximum Gasteiger partial charge on any atom is 0.255 e. The van der Waals surface area contributed by atoms with E-state index in [2.05, 4.69) is 11.1 Å². The van der Waals surface area contributed by atoms with Gasteiger partial charge in [-0.2, -0.15) is 0 Å². The topological polar surface area (TPSA) is 62.7 Å². The first kappa shape index (κ1) is 19.1. The average Bonchev–Trinajstić information content (AvgIpc) is 3.43. The number of amides is 2. The average molecular weight is 405 g/mol. The van der Waals surface area contributed by atoms with E-state index in [1.807, 2.05) is 34.1 Å². The minimum atomic E-state index is 0.0410. The second-order valence-electron chi connectivity index (χ2n) is 8.50. The number of benzene rings is 1. The Balaban J connectivity index is 1.21. The molecule has 2 amide bonds. The third-order valence-corrected chi connectivity index (χ3v) is 6.55. The summed E-state index contributed by atoms with van der Waals surface area (Å²) >= 11 is 0. The fourth-order valence-electron chi connectivity index (χ4n) is 4.81. The number of likely N-dealkylation sites (tertiary alicyclic amines) is 2. The molecule has 0 bridgehead atoms. The molecule has 0 unspecified atom stereocenters. The monoisotopic (exact) mass is 405 g/mol. The molecule has 6 nitrogen and oxygen atoms in total. The highest BCUT2D eigenvalue weighted by molar-refractivity contribution is 5.94. The molecule has 0 spiro atoms. The van der Waals surface area contributed by atoms with Crippen LogP contribution in [0.1, 0.15) is 41.6 Å². The van der Waals surface area contributed by atoms with Gasteiger partial charge in [0.1, 0.15) is 5.75 Å². The van der Waals surface area contributed by atoms with E-state index in [4.69, 9.17) is 4.74 Å². The van der Waals surface area contributed by atoms with E-state index in [-0.39, 0.29) is 11.8 Å². The number of piperidine rings is 1. The predicted molar refractivity (Wildman–Crippen MR) is 113 cm³/mol. The number of nitrogens with zero attached hydrogens (tertiary/aromatic N) is 3. The number of carbonyl (C=O) groups excluding carboxylic acids is 2. The molecular formula is C24H27N3O3. The van der Waals surface area contributed by atoms with Crippen LogP contribution in [0, 0.1) is 5.92 Å². The molecule has 4 heterocycles. The zero-order valence-corrected chi connectivity index (χ0v) is 17.2. The summed E-state index contributed by atoms with van der Waals surface area (Å²) in [5, 5.41) is 0. The summed E-state index contributed by atoms with van der Waals surface area (Å²) in [7, 11) is 0. The van der Waals surface area contributed by atoms with Crippen LogP contribution in [0.3, 0.4) is 0 Å². The highest BCUT2D eigenvalue weighted by Crippen LogP contribution is 2.35. The molecule has 0 atom stereocenters. The quantitative estimate of drug-likeness (QED) is 0.784. The first-order valence-corrected chi connectivity index (χ1v) is 11.0. The van der Waals surface area contributed by atoms with Gasteiger partial charge < -0.3 is 14.5 Å². The summed E-state index contributed by atoms with van der Waals surface area (Å²) in [6.45, 7) is 3.94. The molecule has 6 heteroatoms. The molecular weight excluding hydrogens is 378 g/mol. The van der Waals surface area contributed by atoms with Crippen LogP contribution in [0.4, 0.5) is 0 Å². The number of para-hydroxylation sites is 1. The Bertz CT molecular complexity index is 949. The third-order valence-electron chi connectivity index (χ3n) is 6.55. The highest BCUT2D eigenvalue weighted by Gasteiger charge is 2.28. The smallest absolute Gasteiger partial charge is 0.255 e. The van der Waals surface area contributed by atoms with Crippen LogP contribution in [0.25, 0.3) is 11.3 Å². The third kappa shape index (κ3) is 3.66. The van der Waals surface area contributed by atoms with Crippen molar-refractivity contribution in [2.24, 2.45) is 5.92 Å². The largest absolute Gasteiger partial charge is 0.492 e. The van der Waals surface area contributed by atoms with Gasteiger partial charge in [0.2, 0.25) is 5.91 Å². The molecule has 0 N–H and O–H groups in total. The van der Waals surface area contributed by atoms with Gasteiger partial charge in [-0.3, -0.25) is 14.6 Å². The lowest BCUT2D eigenvalue weighted by molar-refractivity contribution is -0.128. The Kier molecular flexibility index (Phi) is 5.15. The Hall–Kier alpha value is -2.89. The van der Waals surface area contributed by atoms with Gasteiger partial charge in [0.15, 0.2) is 0 Å². The predicted octanol–water partition coefficient (Wildman–Crippen LogP) is 3.16. The number of fused-ring (bicyclic) bond motifs is 1. The van der Waals surface area contributed by atoms with Gasteiger partial charge in [-0.05, 0) is 48.9 Å². The van der Waals surface area contributed by atoms with Crippen molar-refractivity contribution in [1.82, 2.24) is 14.8 Å². The van der Waals surface area contributed by atoms with Gasteiger partial charge in [-0.1, -0.05) is 12.1 Å². The van der Waals surface area contributed by atoms with Gasteiger partial charge >= 0.3 is 0 Å². The highest BCUT2D eigenvalue weighted by atomic mass is 16.5. The summed E-state index contributed by atoms with van der Waals surface area (Å²) in [4.78, 5) is 33.3. The minimum Gasteiger partial charge on any atom is -0.492 e. The number of hydrogen-bond acceptors (Lipinski definition) is 4. The first-order valence-electron chi connectivity index (χ1n) is 11.0. The maximum atomic E-state index is 12.9. The molecule has 0 radical (unpaired) electrons. The van der Waals surface area contributed by atoms with Gasteiger partial charge in [0, 0.05) is 50.8 Å². The summed E-state index contributed by atoms with van der Waals surface area (Å²) in [6, 6.07) is 9.92. The van der Waals surface area contributed by atoms with E-state index >= 15 is 0 Å². The number of rotatable bonds is 4. The van der Waals surface area contributed by atoms with E-state index in [0.717, 1.165) is 68.9 Å². The summed E-state index contributed by atoms with van der Waals surface area (Å²) < 4.78 is 5.78. The lowest BCUT2D eigenvalue weighted by Crippen LogP contribution is -2.41. The molecule has 30 heavy (non-hydrogen) atoms. The Morgan fingerprint density at radius 3 is 2.70 bits per heavy atom. The fraction of sp³-hybridized carbons (Fsp3) is 0.458. The zero-order valence-electron chi connectivity index (χ0n) is 17.2. The van der Waals surface area contributed by atoms with Crippen LogP contribution in [0.5, 0.6) is 5.75 Å². The molecule has 3 aliphatic rings. The van der Waals surface area contributed by atoms with E-state index in [0.29, 0.717) is 24.5 Å². The van der Waals surface area contributed by atoms with E-state index in [1.54, 1.807) is 6.20 Å². The van der Waals surface area contributed by atoms with Crippen molar-refractivity contribution in [2.45, 2.75) is 32.1 Å². The molecule has 2 fully saturated rings. The molecule has 0 aliphatic carbocycles. The molecule has 2 aromatic rings. The normalized spacial score (nSPS) is 19.1. The van der Waals surface area contributed by atoms with Crippen molar-refractivity contribution < 1.29 is 14.3 Å². The Labute approximate surface area is 176 Å². The second-order valence-corrected chi connectivity index (χ2v) is 8.50. The fourth-order valence-corrected chi connectivity index (χ4v) is 4.81. The molecule has 5 rings (SSSR count). The van der Waals surface area contributed by atoms with Crippen molar-refractivity contribution in [3.63, 3.8) is 0 Å². The van der Waals surface area contributed by atoms with E-state index in [1.165, 1.54) is 5.56 Å². The van der Waals surface area contributed by atoms with Crippen LogP contribution < -0.4 is 4.74 Å². The lowest BCUT2D eigenvalue weighted by Gasteiger charge is -2.34. The van der Waals surface area contributed by atoms with Gasteiger partial charge in [-0.25, -0.2) is 0 Å². The van der Waals surface area contributed by atoms with Crippen molar-refractivity contribution in [1.29, 1.82) is 0 Å². The molecule has 0 saturated carbocycles. The van der Waals surface area contributed by atoms with Crippen LogP contribution in [0.2, 0.25) is 0 Å². The van der Waals surface area contributed by atoms with Crippen LogP contribution >= 0.6 is 0 Å². The maximum absolute atomic E-state index is 12.9. The van der Waals surface area contributed by atoms with Crippen LogP contribution in [-0.2, 0) is 11.2 Å². The van der Waals surface area contributed by atoms with Gasteiger partial charge in [-0.15, -0.1) is 0 Å². The van der Waals surface area contributed by atoms with Crippen molar-refractivity contribution in [3.05, 3.63) is 47.7 Å². The summed E-state index contributed by atoms with van der Waals surface area (Å²) in [6.07, 6.45) is 6.20. The van der Waals surface area contributed by atoms with Crippen molar-refractivity contribution in [3.8, 4) is 17.0 Å². The molecule has 2 saturated heterocycles. The van der Waals surface area contributed by atoms with Crippen molar-refractivity contribution >= 4 is 11.8 Å². The molecule has 1 aromatic heterocycles. The summed E-state index contributed by atoms with van der Waals surface area (Å²) in [5.41, 5.74) is 3.66. The molecule has 1 aromatic carbocycles. The molecule has 156 valence electrons. The number of pyridine rings is 1. The zero-order chi connectivity index (χ0) is 20.5. The van der Waals surface area contributed by atoms with Gasteiger partial charge in [0.25, 0.3) is 5.91 Å². The Morgan fingerprint density at radius 1 is 1.10 bits per heavy atom. The van der Waals surface area contributed by atoms with Crippen LogP contribution in [-0.4, -0.2) is 59.4 Å². The number of hydrogen-bond donors (Lipinski definition) is 0. The second kappa shape index (κ2) is 8.09. The first-order chi connectivity index (χ1) is 14.7. The lowest BCUT2D eigenvalue weighted by atomic mass is 9.95.